The second-order valence-electron chi connectivity index (χ2n) is 3.59. The van der Waals surface area contributed by atoms with Gasteiger partial charge in [0.15, 0.2) is 0 Å². The summed E-state index contributed by atoms with van der Waals surface area (Å²) in [5, 5.41) is 10.7. The number of thiophene rings is 1. The third-order valence-corrected chi connectivity index (χ3v) is 4.20. The van der Waals surface area contributed by atoms with Gasteiger partial charge in [0.1, 0.15) is 10.7 Å². The van der Waals surface area contributed by atoms with Gasteiger partial charge in [0.25, 0.3) is 0 Å². The number of anilines is 1. The molecule has 1 aromatic carbocycles. The third-order valence-electron chi connectivity index (χ3n) is 2.23. The van der Waals surface area contributed by atoms with Gasteiger partial charge in [0.2, 0.25) is 0 Å². The molecule has 0 aliphatic rings. The Morgan fingerprint density at radius 2 is 2.22 bits per heavy atom. The van der Waals surface area contributed by atoms with E-state index in [-0.39, 0.29) is 5.82 Å². The topological polar surface area (TPSA) is 63.3 Å². The summed E-state index contributed by atoms with van der Waals surface area (Å²) in [6.07, 6.45) is 0. The van der Waals surface area contributed by atoms with Crippen LogP contribution in [0.4, 0.5) is 10.1 Å². The summed E-state index contributed by atoms with van der Waals surface area (Å²) in [7, 11) is 0. The standard InChI is InChI=1S/C12H10FNO2S2/c13-8-3-9(14)5-10(4-8)18-6-7-1-2-17-11(7)12(15)16/h1-5H,6,14H2,(H,15,16). The van der Waals surface area contributed by atoms with Crippen molar-refractivity contribution in [2.75, 3.05) is 5.73 Å². The number of carboxylic acid groups (broad SMARTS) is 1. The number of hydrogen-bond acceptors (Lipinski definition) is 4. The minimum atomic E-state index is -0.931. The Labute approximate surface area is 111 Å². The van der Waals surface area contributed by atoms with Crippen molar-refractivity contribution < 1.29 is 14.3 Å². The highest BCUT2D eigenvalue weighted by Crippen LogP contribution is 2.28. The van der Waals surface area contributed by atoms with Gasteiger partial charge in [0, 0.05) is 16.3 Å². The zero-order valence-electron chi connectivity index (χ0n) is 9.22. The van der Waals surface area contributed by atoms with Crippen LogP contribution < -0.4 is 5.73 Å². The van der Waals surface area contributed by atoms with Crippen LogP contribution >= 0.6 is 23.1 Å². The van der Waals surface area contributed by atoms with Crippen LogP contribution in [-0.4, -0.2) is 11.1 Å². The van der Waals surface area contributed by atoms with Gasteiger partial charge in [-0.3, -0.25) is 0 Å². The first kappa shape index (κ1) is 12.9. The van der Waals surface area contributed by atoms with E-state index in [1.54, 1.807) is 17.5 Å². The maximum Gasteiger partial charge on any atom is 0.346 e. The lowest BCUT2D eigenvalue weighted by Crippen LogP contribution is -1.96. The van der Waals surface area contributed by atoms with Crippen molar-refractivity contribution in [3.8, 4) is 0 Å². The van der Waals surface area contributed by atoms with Crippen molar-refractivity contribution in [1.82, 2.24) is 0 Å². The van der Waals surface area contributed by atoms with Gasteiger partial charge in [-0.25, -0.2) is 9.18 Å². The molecule has 0 saturated carbocycles. The van der Waals surface area contributed by atoms with Gasteiger partial charge >= 0.3 is 5.97 Å². The second-order valence-corrected chi connectivity index (χ2v) is 5.55. The number of nitrogens with two attached hydrogens (primary N) is 1. The van der Waals surface area contributed by atoms with Crippen molar-refractivity contribution in [2.24, 2.45) is 0 Å². The summed E-state index contributed by atoms with van der Waals surface area (Å²) >= 11 is 2.55. The Morgan fingerprint density at radius 3 is 2.89 bits per heavy atom. The molecule has 0 fully saturated rings. The van der Waals surface area contributed by atoms with Crippen molar-refractivity contribution >= 4 is 34.8 Å². The number of rotatable bonds is 4. The summed E-state index contributed by atoms with van der Waals surface area (Å²) in [4.78, 5) is 11.9. The first-order valence-electron chi connectivity index (χ1n) is 5.05. The van der Waals surface area contributed by atoms with E-state index in [2.05, 4.69) is 0 Å². The summed E-state index contributed by atoms with van der Waals surface area (Å²) in [6.45, 7) is 0. The molecule has 0 saturated heterocycles. The first-order valence-corrected chi connectivity index (χ1v) is 6.91. The van der Waals surface area contributed by atoms with Crippen LogP contribution in [0.5, 0.6) is 0 Å². The normalized spacial score (nSPS) is 10.5. The maximum atomic E-state index is 13.1. The molecule has 0 aliphatic heterocycles. The van der Waals surface area contributed by atoms with Gasteiger partial charge in [-0.05, 0) is 35.2 Å². The molecule has 0 aliphatic carbocycles. The molecule has 18 heavy (non-hydrogen) atoms. The molecule has 1 aromatic heterocycles. The lowest BCUT2D eigenvalue weighted by molar-refractivity contribution is 0.0701. The number of thioether (sulfide) groups is 1. The molecule has 3 nitrogen and oxygen atoms in total. The van der Waals surface area contributed by atoms with Gasteiger partial charge in [0.05, 0.1) is 0 Å². The summed E-state index contributed by atoms with van der Waals surface area (Å²) in [6, 6.07) is 6.06. The predicted octanol–water partition coefficient (Wildman–Crippen LogP) is 3.46. The zero-order valence-corrected chi connectivity index (χ0v) is 10.9. The van der Waals surface area contributed by atoms with Crippen LogP contribution in [0.3, 0.4) is 0 Å². The quantitative estimate of drug-likeness (QED) is 0.666. The number of carbonyl (C=O) groups is 1. The highest BCUT2D eigenvalue weighted by molar-refractivity contribution is 7.98. The molecule has 2 aromatic rings. The monoisotopic (exact) mass is 283 g/mol. The number of nitrogen functional groups attached to an aromatic ring is 1. The molecule has 0 amide bonds. The molecule has 3 N–H and O–H groups in total. The number of carboxylic acids is 1. The summed E-state index contributed by atoms with van der Waals surface area (Å²) in [5.41, 5.74) is 6.64. The summed E-state index contributed by atoms with van der Waals surface area (Å²) < 4.78 is 13.1. The highest BCUT2D eigenvalue weighted by Gasteiger charge is 2.11. The van der Waals surface area contributed by atoms with E-state index >= 15 is 0 Å². The van der Waals surface area contributed by atoms with Crippen molar-refractivity contribution in [3.05, 3.63) is 45.9 Å². The van der Waals surface area contributed by atoms with Crippen LogP contribution in [0.1, 0.15) is 15.2 Å². The van der Waals surface area contributed by atoms with Crippen LogP contribution in [-0.2, 0) is 5.75 Å². The molecule has 0 spiro atoms. The van der Waals surface area contributed by atoms with E-state index < -0.39 is 5.97 Å². The van der Waals surface area contributed by atoms with E-state index in [9.17, 15) is 9.18 Å². The zero-order chi connectivity index (χ0) is 13.1. The van der Waals surface area contributed by atoms with Crippen LogP contribution in [0.25, 0.3) is 0 Å². The molecule has 6 heteroatoms. The van der Waals surface area contributed by atoms with E-state index in [1.165, 1.54) is 35.2 Å². The molecular formula is C12H10FNO2S2. The number of benzene rings is 1. The Kier molecular flexibility index (Phi) is 3.88. The highest BCUT2D eigenvalue weighted by atomic mass is 32.2. The molecular weight excluding hydrogens is 273 g/mol. The summed E-state index contributed by atoms with van der Waals surface area (Å²) in [5.74, 6) is -0.839. The smallest absolute Gasteiger partial charge is 0.346 e. The van der Waals surface area contributed by atoms with Gasteiger partial charge in [-0.2, -0.15) is 0 Å². The molecule has 2 rings (SSSR count). The van der Waals surface area contributed by atoms with Crippen molar-refractivity contribution in [1.29, 1.82) is 0 Å². The van der Waals surface area contributed by atoms with E-state index in [0.29, 0.717) is 21.2 Å². The minimum absolute atomic E-state index is 0.326. The Hall–Kier alpha value is -1.53. The minimum Gasteiger partial charge on any atom is -0.477 e. The van der Waals surface area contributed by atoms with Crippen molar-refractivity contribution in [3.63, 3.8) is 0 Å². The van der Waals surface area contributed by atoms with Crippen LogP contribution in [0, 0.1) is 5.82 Å². The van der Waals surface area contributed by atoms with Gasteiger partial charge < -0.3 is 10.8 Å². The maximum absolute atomic E-state index is 13.1. The number of halogens is 1. The van der Waals surface area contributed by atoms with E-state index in [4.69, 9.17) is 10.8 Å². The largest absolute Gasteiger partial charge is 0.477 e. The lowest BCUT2D eigenvalue weighted by atomic mass is 10.3. The fraction of sp³-hybridized carbons (Fsp3) is 0.0833. The number of aromatic carboxylic acids is 1. The lowest BCUT2D eigenvalue weighted by Gasteiger charge is -2.03. The van der Waals surface area contributed by atoms with Crippen molar-refractivity contribution in [2.45, 2.75) is 10.6 Å². The van der Waals surface area contributed by atoms with E-state index in [1.807, 2.05) is 0 Å². The van der Waals surface area contributed by atoms with E-state index in [0.717, 1.165) is 5.56 Å². The van der Waals surface area contributed by atoms with Gasteiger partial charge in [-0.15, -0.1) is 23.1 Å². The first-order chi connectivity index (χ1) is 8.56. The predicted molar refractivity (Wildman–Crippen MR) is 71.7 cm³/mol. The Morgan fingerprint density at radius 1 is 1.44 bits per heavy atom. The Balaban J connectivity index is 2.11. The van der Waals surface area contributed by atoms with Crippen LogP contribution in [0.2, 0.25) is 0 Å². The third kappa shape index (κ3) is 3.02. The fourth-order valence-corrected chi connectivity index (χ4v) is 3.30. The van der Waals surface area contributed by atoms with Crippen LogP contribution in [0.15, 0.2) is 34.5 Å². The molecule has 0 atom stereocenters. The Bertz CT molecular complexity index is 563. The second kappa shape index (κ2) is 5.41. The average molecular weight is 283 g/mol. The molecule has 94 valence electrons. The fourth-order valence-electron chi connectivity index (χ4n) is 1.47. The SMILES string of the molecule is Nc1cc(F)cc(SCc2ccsc2C(=O)O)c1. The molecule has 0 radical (unpaired) electrons. The molecule has 1 heterocycles. The molecule has 0 bridgehead atoms. The number of hydrogen-bond donors (Lipinski definition) is 2. The van der Waals surface area contributed by atoms with Gasteiger partial charge in [-0.1, -0.05) is 0 Å². The molecule has 0 unspecified atom stereocenters. The average Bonchev–Trinajstić information content (AvgIpc) is 2.73.